The van der Waals surface area contributed by atoms with Gasteiger partial charge in [0.25, 0.3) is 0 Å². The highest BCUT2D eigenvalue weighted by atomic mass is 14.6. The smallest absolute Gasteiger partial charge is 0.0265 e. The SMILES string of the molecule is C=C/C(C1=CC(C)CC=C1)=C(\CCC)C(N)CC1CCC(C)CC1. The quantitative estimate of drug-likeness (QED) is 0.543. The van der Waals surface area contributed by atoms with E-state index in [1.54, 1.807) is 0 Å². The first-order chi connectivity index (χ1) is 11.5. The molecule has 0 radical (unpaired) electrons. The monoisotopic (exact) mass is 327 g/mol. The van der Waals surface area contributed by atoms with Crippen LogP contribution < -0.4 is 5.73 Å². The van der Waals surface area contributed by atoms with Crippen molar-refractivity contribution >= 4 is 0 Å². The highest BCUT2D eigenvalue weighted by Crippen LogP contribution is 2.34. The fourth-order valence-corrected chi connectivity index (χ4v) is 4.31. The lowest BCUT2D eigenvalue weighted by molar-refractivity contribution is 0.269. The van der Waals surface area contributed by atoms with Gasteiger partial charge in [-0.3, -0.25) is 0 Å². The third-order valence-corrected chi connectivity index (χ3v) is 5.82. The Labute approximate surface area is 149 Å². The number of hydrogen-bond donors (Lipinski definition) is 1. The van der Waals surface area contributed by atoms with Crippen LogP contribution in [-0.4, -0.2) is 6.04 Å². The maximum absolute atomic E-state index is 6.73. The van der Waals surface area contributed by atoms with Gasteiger partial charge in [0.05, 0.1) is 0 Å². The summed E-state index contributed by atoms with van der Waals surface area (Å²) in [4.78, 5) is 0. The van der Waals surface area contributed by atoms with E-state index in [2.05, 4.69) is 45.6 Å². The summed E-state index contributed by atoms with van der Waals surface area (Å²) in [5.41, 5.74) is 10.8. The number of allylic oxidation sites excluding steroid dienone is 6. The van der Waals surface area contributed by atoms with Gasteiger partial charge in [-0.25, -0.2) is 0 Å². The van der Waals surface area contributed by atoms with Crippen LogP contribution in [0.15, 0.2) is 47.6 Å². The first-order valence-electron chi connectivity index (χ1n) is 10.0. The molecule has 0 aromatic heterocycles. The van der Waals surface area contributed by atoms with Gasteiger partial charge in [0.1, 0.15) is 0 Å². The predicted molar refractivity (Wildman–Crippen MR) is 107 cm³/mol. The van der Waals surface area contributed by atoms with Crippen LogP contribution >= 0.6 is 0 Å². The number of hydrogen-bond acceptors (Lipinski definition) is 1. The molecule has 2 N–H and O–H groups in total. The van der Waals surface area contributed by atoms with Crippen LogP contribution in [0.5, 0.6) is 0 Å². The Hall–Kier alpha value is -1.08. The van der Waals surface area contributed by atoms with Gasteiger partial charge in [-0.15, -0.1) is 0 Å². The fraction of sp³-hybridized carbons (Fsp3) is 0.652. The minimum absolute atomic E-state index is 0.183. The molecule has 2 aliphatic carbocycles. The molecule has 1 nitrogen and oxygen atoms in total. The molecule has 0 aromatic rings. The van der Waals surface area contributed by atoms with Crippen molar-refractivity contribution in [2.75, 3.05) is 0 Å². The number of nitrogens with two attached hydrogens (primary N) is 1. The molecule has 2 aliphatic rings. The molecule has 1 saturated carbocycles. The van der Waals surface area contributed by atoms with Gasteiger partial charge in [0.15, 0.2) is 0 Å². The first kappa shape index (κ1) is 19.2. The average molecular weight is 328 g/mol. The van der Waals surface area contributed by atoms with Crippen LogP contribution in [0.2, 0.25) is 0 Å². The van der Waals surface area contributed by atoms with E-state index >= 15 is 0 Å². The summed E-state index contributed by atoms with van der Waals surface area (Å²) in [6.07, 6.45) is 19.0. The first-order valence-corrected chi connectivity index (χ1v) is 10.0. The highest BCUT2D eigenvalue weighted by molar-refractivity contribution is 5.51. The van der Waals surface area contributed by atoms with Gasteiger partial charge in [-0.2, -0.15) is 0 Å². The zero-order chi connectivity index (χ0) is 17.5. The summed E-state index contributed by atoms with van der Waals surface area (Å²) in [7, 11) is 0. The molecular weight excluding hydrogens is 290 g/mol. The zero-order valence-electron chi connectivity index (χ0n) is 16.1. The summed E-state index contributed by atoms with van der Waals surface area (Å²) >= 11 is 0. The Balaban J connectivity index is 2.18. The molecule has 1 heteroatoms. The molecule has 24 heavy (non-hydrogen) atoms. The van der Waals surface area contributed by atoms with E-state index in [4.69, 9.17) is 5.73 Å². The van der Waals surface area contributed by atoms with Gasteiger partial charge in [0.2, 0.25) is 0 Å². The molecule has 2 atom stereocenters. The van der Waals surface area contributed by atoms with E-state index in [9.17, 15) is 0 Å². The standard InChI is InChI=1S/C23H37N/c1-5-8-22(21(6-2)20-10-7-9-18(4)15-20)23(24)16-19-13-11-17(3)12-14-19/h6-7,10,15,17-19,23H,2,5,8-9,11-14,16,24H2,1,3-4H3/b22-21-. The molecule has 2 unspecified atom stereocenters. The van der Waals surface area contributed by atoms with E-state index in [-0.39, 0.29) is 6.04 Å². The van der Waals surface area contributed by atoms with Gasteiger partial charge < -0.3 is 5.73 Å². The largest absolute Gasteiger partial charge is 0.324 e. The zero-order valence-corrected chi connectivity index (χ0v) is 16.1. The van der Waals surface area contributed by atoms with Gasteiger partial charge in [0, 0.05) is 6.04 Å². The second-order valence-electron chi connectivity index (χ2n) is 8.10. The Morgan fingerprint density at radius 2 is 2.00 bits per heavy atom. The third-order valence-electron chi connectivity index (χ3n) is 5.82. The lowest BCUT2D eigenvalue weighted by Crippen LogP contribution is -2.29. The van der Waals surface area contributed by atoms with Crippen molar-refractivity contribution < 1.29 is 0 Å². The molecule has 1 fully saturated rings. The molecule has 0 amide bonds. The van der Waals surface area contributed by atoms with E-state index in [0.717, 1.165) is 37.5 Å². The molecule has 0 heterocycles. The van der Waals surface area contributed by atoms with Crippen molar-refractivity contribution in [1.82, 2.24) is 0 Å². The van der Waals surface area contributed by atoms with Crippen molar-refractivity contribution in [1.29, 1.82) is 0 Å². The summed E-state index contributed by atoms with van der Waals surface area (Å²) < 4.78 is 0. The summed E-state index contributed by atoms with van der Waals surface area (Å²) in [5.74, 6) is 2.33. The van der Waals surface area contributed by atoms with Crippen molar-refractivity contribution in [2.24, 2.45) is 23.5 Å². The molecule has 0 aliphatic heterocycles. The highest BCUT2D eigenvalue weighted by Gasteiger charge is 2.23. The predicted octanol–water partition coefficient (Wildman–Crippen LogP) is 6.34. The van der Waals surface area contributed by atoms with Crippen LogP contribution in [-0.2, 0) is 0 Å². The molecular formula is C23H37N. The molecule has 134 valence electrons. The molecule has 0 bridgehead atoms. The Morgan fingerprint density at radius 1 is 1.29 bits per heavy atom. The normalized spacial score (nSPS) is 29.7. The maximum Gasteiger partial charge on any atom is 0.0265 e. The summed E-state index contributed by atoms with van der Waals surface area (Å²) in [6, 6.07) is 0.183. The Bertz CT molecular complexity index is 500. The average Bonchev–Trinajstić information content (AvgIpc) is 2.57. The van der Waals surface area contributed by atoms with Gasteiger partial charge >= 0.3 is 0 Å². The van der Waals surface area contributed by atoms with Crippen molar-refractivity contribution in [3.8, 4) is 0 Å². The fourth-order valence-electron chi connectivity index (χ4n) is 4.31. The summed E-state index contributed by atoms with van der Waals surface area (Å²) in [5, 5.41) is 0. The third kappa shape index (κ3) is 5.21. The molecule has 0 saturated heterocycles. The molecule has 2 rings (SSSR count). The lowest BCUT2D eigenvalue weighted by Gasteiger charge is -2.30. The maximum atomic E-state index is 6.73. The summed E-state index contributed by atoms with van der Waals surface area (Å²) in [6.45, 7) is 11.0. The Kier molecular flexibility index (Phi) is 7.55. The minimum Gasteiger partial charge on any atom is -0.324 e. The van der Waals surface area contributed by atoms with Crippen LogP contribution in [0.4, 0.5) is 0 Å². The van der Waals surface area contributed by atoms with Crippen LogP contribution in [0, 0.1) is 17.8 Å². The second kappa shape index (κ2) is 9.42. The van der Waals surface area contributed by atoms with Crippen molar-refractivity contribution in [3.05, 3.63) is 47.6 Å². The van der Waals surface area contributed by atoms with Crippen LogP contribution in [0.25, 0.3) is 0 Å². The van der Waals surface area contributed by atoms with Crippen molar-refractivity contribution in [3.63, 3.8) is 0 Å². The Morgan fingerprint density at radius 3 is 2.58 bits per heavy atom. The topological polar surface area (TPSA) is 26.0 Å². The van der Waals surface area contributed by atoms with E-state index in [1.807, 2.05) is 6.08 Å². The lowest BCUT2D eigenvalue weighted by atomic mass is 9.78. The molecule has 0 aromatic carbocycles. The van der Waals surface area contributed by atoms with Crippen molar-refractivity contribution in [2.45, 2.75) is 78.2 Å². The van der Waals surface area contributed by atoms with Crippen LogP contribution in [0.3, 0.4) is 0 Å². The van der Waals surface area contributed by atoms with Crippen LogP contribution in [0.1, 0.15) is 72.1 Å². The van der Waals surface area contributed by atoms with Gasteiger partial charge in [-0.05, 0) is 53.7 Å². The second-order valence-corrected chi connectivity index (χ2v) is 8.10. The number of rotatable bonds is 7. The van der Waals surface area contributed by atoms with Gasteiger partial charge in [-0.1, -0.05) is 83.8 Å². The molecule has 0 spiro atoms. The minimum atomic E-state index is 0.183. The van der Waals surface area contributed by atoms with E-state index in [0.29, 0.717) is 5.92 Å². The van der Waals surface area contributed by atoms with E-state index < -0.39 is 0 Å². The van der Waals surface area contributed by atoms with E-state index in [1.165, 1.54) is 42.4 Å².